The van der Waals surface area contributed by atoms with Gasteiger partial charge < -0.3 is 24.7 Å². The fraction of sp³-hybridized carbons (Fsp3) is 0.611. The average Bonchev–Trinajstić information content (AvgIpc) is 3.20. The van der Waals surface area contributed by atoms with Crippen molar-refractivity contribution in [2.75, 3.05) is 11.2 Å². The molecule has 4 N–H and O–H groups in total. The van der Waals surface area contributed by atoms with E-state index in [1.165, 1.54) is 6.20 Å². The molecule has 0 aromatic carbocycles. The number of fused-ring (bicyclic) bond motifs is 1. The lowest BCUT2D eigenvalue weighted by molar-refractivity contribution is -0.0364. The third-order valence-corrected chi connectivity index (χ3v) is 9.98. The minimum Gasteiger partial charge on any atom is -0.387 e. The molecule has 34 heavy (non-hydrogen) atoms. The monoisotopic (exact) mass is 538 g/mol. The Morgan fingerprint density at radius 2 is 2.00 bits per heavy atom. The maximum Gasteiger partial charge on any atom is 0.340 e. The lowest BCUT2D eigenvalue weighted by Crippen LogP contribution is -2.36. The van der Waals surface area contributed by atoms with Crippen LogP contribution < -0.4 is 0 Å². The Balaban J connectivity index is 1.65. The van der Waals surface area contributed by atoms with Crippen LogP contribution in [0.5, 0.6) is 0 Å². The Hall–Kier alpha value is -1.69. The van der Waals surface area contributed by atoms with Crippen LogP contribution in [0.15, 0.2) is 6.20 Å². The summed E-state index contributed by atoms with van der Waals surface area (Å²) in [4.78, 5) is 22.1. The van der Waals surface area contributed by atoms with Crippen LogP contribution in [0.25, 0.3) is 11.0 Å². The summed E-state index contributed by atoms with van der Waals surface area (Å²) in [6, 6.07) is 1.99. The van der Waals surface area contributed by atoms with Gasteiger partial charge in [-0.25, -0.2) is 22.5 Å². The third-order valence-electron chi connectivity index (χ3n) is 5.95. The number of alkyl halides is 1. The number of pyridine rings is 1. The molecule has 1 aliphatic heterocycles. The minimum absolute atomic E-state index is 0.00544. The zero-order valence-electron chi connectivity index (χ0n) is 17.4. The summed E-state index contributed by atoms with van der Waals surface area (Å²) >= 11 is 6.21. The molecule has 0 amide bonds. The van der Waals surface area contributed by atoms with Gasteiger partial charge in [-0.15, -0.1) is 0 Å². The van der Waals surface area contributed by atoms with Crippen molar-refractivity contribution in [1.29, 1.82) is 5.26 Å². The molecular formula is C18H21ClFN4O8PS. The van der Waals surface area contributed by atoms with Crippen molar-refractivity contribution in [2.24, 2.45) is 5.92 Å². The number of ether oxygens (including phenoxy) is 1. The lowest BCUT2D eigenvalue weighted by Gasteiger charge is -2.30. The summed E-state index contributed by atoms with van der Waals surface area (Å²) in [6.45, 7) is 0. The van der Waals surface area contributed by atoms with Gasteiger partial charge in [0.25, 0.3) is 0 Å². The van der Waals surface area contributed by atoms with Crippen LogP contribution in [-0.4, -0.2) is 78.9 Å². The number of rotatable bonds is 7. The van der Waals surface area contributed by atoms with E-state index in [2.05, 4.69) is 10.1 Å². The first kappa shape index (κ1) is 25.4. The second-order valence-corrected chi connectivity index (χ2v) is 13.1. The molecule has 16 heteroatoms. The number of nitrogens with zero attached hydrogens (tertiary/aromatic N) is 4. The fourth-order valence-electron chi connectivity index (χ4n) is 4.34. The number of hydrogen-bond acceptors (Lipinski definition) is 9. The molecule has 2 aliphatic rings. The minimum atomic E-state index is -4.89. The normalized spacial score (nSPS) is 29.8. The number of nitriles is 1. The first-order valence-corrected chi connectivity index (χ1v) is 14.2. The molecule has 0 spiro atoms. The van der Waals surface area contributed by atoms with Gasteiger partial charge in [-0.3, -0.25) is 4.57 Å². The number of hydrogen-bond donors (Lipinski definition) is 4. The first-order valence-electron chi connectivity index (χ1n) is 10.2. The van der Waals surface area contributed by atoms with Crippen LogP contribution in [0.3, 0.4) is 0 Å². The van der Waals surface area contributed by atoms with E-state index in [-0.39, 0.29) is 22.3 Å². The highest BCUT2D eigenvalue weighted by atomic mass is 35.5. The summed E-state index contributed by atoms with van der Waals surface area (Å²) in [6.07, 6.45) is -4.74. The van der Waals surface area contributed by atoms with Gasteiger partial charge in [-0.1, -0.05) is 11.6 Å². The molecule has 0 radical (unpaired) electrons. The van der Waals surface area contributed by atoms with Gasteiger partial charge in [0, 0.05) is 5.39 Å². The molecule has 0 bridgehead atoms. The van der Waals surface area contributed by atoms with Crippen molar-refractivity contribution in [3.63, 3.8) is 0 Å². The summed E-state index contributed by atoms with van der Waals surface area (Å²) in [5.41, 5.74) is -0.707. The zero-order valence-corrected chi connectivity index (χ0v) is 19.9. The molecule has 1 aliphatic carbocycles. The van der Waals surface area contributed by atoms with Crippen LogP contribution in [0.2, 0.25) is 5.15 Å². The topological polar surface area (TPSA) is 196 Å². The standard InChI is InChI=1S/C18H21ClFN4O8PS/c19-16-11(4-21)10(3-8-1-9(20)2-8)12-5-22-24(17(12)23-16)18-15(26)14(25)13(32-18)6-34(30,31)7-33(27,28)29/h5,8-9,13-15,18,25-26H,1-3,6-7H2,(H2,27,28,29)/t8?,9?,13-,14-,15-,18-/m1/s1. The van der Waals surface area contributed by atoms with E-state index >= 15 is 0 Å². The van der Waals surface area contributed by atoms with E-state index in [1.54, 1.807) is 0 Å². The molecule has 2 aromatic heterocycles. The summed E-state index contributed by atoms with van der Waals surface area (Å²) < 4.78 is 55.2. The Kier molecular flexibility index (Phi) is 6.78. The van der Waals surface area contributed by atoms with Gasteiger partial charge in [0.05, 0.1) is 17.5 Å². The van der Waals surface area contributed by atoms with Gasteiger partial charge in [0.2, 0.25) is 0 Å². The van der Waals surface area contributed by atoms with Crippen LogP contribution in [0.1, 0.15) is 30.2 Å². The molecule has 4 atom stereocenters. The van der Waals surface area contributed by atoms with E-state index in [9.17, 15) is 32.8 Å². The summed E-state index contributed by atoms with van der Waals surface area (Å²) in [5, 5.41) is 34.8. The van der Waals surface area contributed by atoms with Gasteiger partial charge >= 0.3 is 7.60 Å². The second-order valence-electron chi connectivity index (χ2n) is 8.58. The van der Waals surface area contributed by atoms with E-state index in [0.717, 1.165) is 4.68 Å². The Bertz CT molecular complexity index is 1310. The van der Waals surface area contributed by atoms with Gasteiger partial charge in [-0.2, -0.15) is 10.4 Å². The molecule has 1 saturated heterocycles. The maximum atomic E-state index is 13.3. The number of aliphatic hydroxyl groups excluding tert-OH is 2. The second kappa shape index (κ2) is 9.07. The Morgan fingerprint density at radius 3 is 2.59 bits per heavy atom. The smallest absolute Gasteiger partial charge is 0.340 e. The SMILES string of the molecule is N#Cc1c(Cl)nc2c(cnn2[C@@H]2O[C@H](CS(=O)(=O)CP(=O)(O)O)[C@@H](O)[C@H]2O)c1CC1CC(F)C1. The van der Waals surface area contributed by atoms with Crippen molar-refractivity contribution in [1.82, 2.24) is 14.8 Å². The zero-order chi connectivity index (χ0) is 25.0. The molecule has 0 unspecified atom stereocenters. The van der Waals surface area contributed by atoms with Crippen molar-refractivity contribution >= 4 is 40.1 Å². The highest BCUT2D eigenvalue weighted by Crippen LogP contribution is 2.40. The van der Waals surface area contributed by atoms with Crippen LogP contribution >= 0.6 is 19.2 Å². The molecule has 3 heterocycles. The van der Waals surface area contributed by atoms with Gasteiger partial charge in [-0.05, 0) is 30.7 Å². The molecule has 12 nitrogen and oxygen atoms in total. The summed E-state index contributed by atoms with van der Waals surface area (Å²) in [7, 11) is -9.23. The predicted molar refractivity (Wildman–Crippen MR) is 115 cm³/mol. The highest BCUT2D eigenvalue weighted by Gasteiger charge is 2.47. The lowest BCUT2D eigenvalue weighted by atomic mass is 9.78. The number of halogens is 2. The predicted octanol–water partition coefficient (Wildman–Crippen LogP) is 0.416. The number of aromatic nitrogens is 3. The number of aliphatic hydroxyl groups is 2. The largest absolute Gasteiger partial charge is 0.387 e. The molecule has 2 fully saturated rings. The first-order chi connectivity index (χ1) is 15.8. The van der Waals surface area contributed by atoms with Crippen molar-refractivity contribution < 1.29 is 42.1 Å². The molecule has 1 saturated carbocycles. The Morgan fingerprint density at radius 1 is 1.32 bits per heavy atom. The maximum absolute atomic E-state index is 13.3. The van der Waals surface area contributed by atoms with Crippen molar-refractivity contribution in [3.8, 4) is 6.07 Å². The fourth-order valence-corrected chi connectivity index (χ4v) is 7.82. The summed E-state index contributed by atoms with van der Waals surface area (Å²) in [5.74, 6) is -0.943. The van der Waals surface area contributed by atoms with Gasteiger partial charge in [0.1, 0.15) is 35.7 Å². The molecule has 186 valence electrons. The van der Waals surface area contributed by atoms with Gasteiger partial charge in [0.15, 0.2) is 27.2 Å². The van der Waals surface area contributed by atoms with Crippen LogP contribution in [0, 0.1) is 17.2 Å². The van der Waals surface area contributed by atoms with E-state index in [1.807, 2.05) is 6.07 Å². The van der Waals surface area contributed by atoms with Crippen LogP contribution in [-0.2, 0) is 25.6 Å². The molecule has 2 aromatic rings. The quantitative estimate of drug-likeness (QED) is 0.281. The highest BCUT2D eigenvalue weighted by molar-refractivity contribution is 7.97. The number of sulfone groups is 1. The molecular weight excluding hydrogens is 518 g/mol. The van der Waals surface area contributed by atoms with Crippen molar-refractivity contribution in [2.45, 2.75) is 50.0 Å². The van der Waals surface area contributed by atoms with E-state index in [4.69, 9.17) is 26.1 Å². The van der Waals surface area contributed by atoms with E-state index < -0.39 is 59.4 Å². The molecule has 4 rings (SSSR count). The Labute approximate surface area is 198 Å². The van der Waals surface area contributed by atoms with Crippen molar-refractivity contribution in [3.05, 3.63) is 22.5 Å². The van der Waals surface area contributed by atoms with Crippen LogP contribution in [0.4, 0.5) is 4.39 Å². The van der Waals surface area contributed by atoms with E-state index in [0.29, 0.717) is 30.2 Å². The average molecular weight is 539 g/mol. The third kappa shape index (κ3) is 4.98.